The minimum absolute atomic E-state index is 0.221. The zero-order chi connectivity index (χ0) is 9.68. The number of esters is 1. The topological polar surface area (TPSA) is 56.3 Å². The number of hydrogen-bond acceptors (Lipinski definition) is 5. The molecule has 4 nitrogen and oxygen atoms in total. The fourth-order valence-electron chi connectivity index (χ4n) is 0.780. The lowest BCUT2D eigenvalue weighted by atomic mass is 10.3. The fraction of sp³-hybridized carbons (Fsp3) is 0.375. The second-order valence-electron chi connectivity index (χ2n) is 2.24. The van der Waals surface area contributed by atoms with Gasteiger partial charge in [0.2, 0.25) is 5.78 Å². The van der Waals surface area contributed by atoms with E-state index in [0.717, 1.165) is 0 Å². The smallest absolute Gasteiger partial charge is 0.313 e. The van der Waals surface area contributed by atoms with Gasteiger partial charge < -0.3 is 4.74 Å². The Labute approximate surface area is 79.6 Å². The number of carbonyl (C=O) groups is 2. The molecule has 0 spiro atoms. The Morgan fingerprint density at radius 3 is 2.92 bits per heavy atom. The molecule has 0 aliphatic heterocycles. The number of ketones is 1. The van der Waals surface area contributed by atoms with Gasteiger partial charge in [0.1, 0.15) is 6.42 Å². The van der Waals surface area contributed by atoms with Gasteiger partial charge in [-0.1, -0.05) is 0 Å². The maximum Gasteiger partial charge on any atom is 0.313 e. The Hall–Kier alpha value is -1.23. The largest absolute Gasteiger partial charge is 0.466 e. The molecule has 1 aromatic rings. The number of carbonyl (C=O) groups excluding carboxylic acids is 2. The van der Waals surface area contributed by atoms with Crippen molar-refractivity contribution >= 4 is 23.1 Å². The van der Waals surface area contributed by atoms with Crippen LogP contribution in [0, 0.1) is 0 Å². The van der Waals surface area contributed by atoms with Crippen molar-refractivity contribution in [2.45, 2.75) is 13.3 Å². The van der Waals surface area contributed by atoms with Gasteiger partial charge in [-0.25, -0.2) is 4.98 Å². The first-order chi connectivity index (χ1) is 6.24. The molecule has 0 radical (unpaired) electrons. The maximum atomic E-state index is 11.2. The van der Waals surface area contributed by atoms with Crippen LogP contribution >= 0.6 is 11.3 Å². The summed E-state index contributed by atoms with van der Waals surface area (Å²) in [5.41, 5.74) is 0. The van der Waals surface area contributed by atoms with Crippen molar-refractivity contribution in [3.05, 3.63) is 16.6 Å². The summed E-state index contributed by atoms with van der Waals surface area (Å²) >= 11 is 1.22. The predicted octanol–water partition coefficient (Wildman–Crippen LogP) is 1.28. The van der Waals surface area contributed by atoms with Gasteiger partial charge >= 0.3 is 5.97 Å². The first-order valence-electron chi connectivity index (χ1n) is 3.82. The number of hydrogen-bond donors (Lipinski definition) is 0. The lowest BCUT2D eigenvalue weighted by molar-refractivity contribution is -0.141. The summed E-state index contributed by atoms with van der Waals surface area (Å²) in [4.78, 5) is 25.9. The van der Waals surface area contributed by atoms with Gasteiger partial charge in [0.25, 0.3) is 0 Å². The van der Waals surface area contributed by atoms with Crippen molar-refractivity contribution in [3.63, 3.8) is 0 Å². The van der Waals surface area contributed by atoms with E-state index in [1.54, 1.807) is 12.3 Å². The van der Waals surface area contributed by atoms with E-state index in [9.17, 15) is 9.59 Å². The molecule has 13 heavy (non-hydrogen) atoms. The molecule has 0 fully saturated rings. The first kappa shape index (κ1) is 9.85. The molecule has 0 atom stereocenters. The van der Waals surface area contributed by atoms with Crippen molar-refractivity contribution in [2.75, 3.05) is 6.61 Å². The number of rotatable bonds is 4. The van der Waals surface area contributed by atoms with E-state index in [0.29, 0.717) is 11.6 Å². The normalized spacial score (nSPS) is 9.62. The monoisotopic (exact) mass is 199 g/mol. The van der Waals surface area contributed by atoms with E-state index < -0.39 is 5.97 Å². The van der Waals surface area contributed by atoms with Crippen LogP contribution in [0.4, 0.5) is 0 Å². The summed E-state index contributed by atoms with van der Waals surface area (Å²) in [7, 11) is 0. The summed E-state index contributed by atoms with van der Waals surface area (Å²) in [5.74, 6) is -0.781. The predicted molar refractivity (Wildman–Crippen MR) is 47.7 cm³/mol. The summed E-state index contributed by atoms with van der Waals surface area (Å²) < 4.78 is 4.63. The number of Topliss-reactive ketones (excluding diaryl/α,β-unsaturated/α-hetero) is 1. The standard InChI is InChI=1S/C8H9NO3S/c1-2-12-7(11)5-6(10)8-9-3-4-13-8/h3-4H,2,5H2,1H3. The van der Waals surface area contributed by atoms with Crippen molar-refractivity contribution in [1.82, 2.24) is 4.98 Å². The zero-order valence-corrected chi connectivity index (χ0v) is 7.97. The molecule has 5 heteroatoms. The van der Waals surface area contributed by atoms with Gasteiger partial charge in [-0.05, 0) is 6.92 Å². The van der Waals surface area contributed by atoms with E-state index in [-0.39, 0.29) is 12.2 Å². The van der Waals surface area contributed by atoms with Crippen molar-refractivity contribution in [1.29, 1.82) is 0 Å². The molecular formula is C8H9NO3S. The average Bonchev–Trinajstić information content (AvgIpc) is 2.55. The molecule has 0 aliphatic carbocycles. The Balaban J connectivity index is 2.47. The van der Waals surface area contributed by atoms with Crippen LogP contribution in [-0.2, 0) is 9.53 Å². The molecule has 0 aromatic carbocycles. The second kappa shape index (κ2) is 4.71. The Morgan fingerprint density at radius 1 is 1.62 bits per heavy atom. The fourth-order valence-corrected chi connectivity index (χ4v) is 1.36. The highest BCUT2D eigenvalue weighted by Gasteiger charge is 2.14. The van der Waals surface area contributed by atoms with Gasteiger partial charge in [0.05, 0.1) is 6.61 Å². The van der Waals surface area contributed by atoms with Gasteiger partial charge in [-0.2, -0.15) is 0 Å². The summed E-state index contributed by atoms with van der Waals surface area (Å²) in [6.45, 7) is 2.00. The van der Waals surface area contributed by atoms with Gasteiger partial charge in [-0.15, -0.1) is 11.3 Å². The third-order valence-corrected chi connectivity index (χ3v) is 2.10. The van der Waals surface area contributed by atoms with Crippen molar-refractivity contribution in [2.24, 2.45) is 0 Å². The summed E-state index contributed by atoms with van der Waals surface area (Å²) in [6.07, 6.45) is 1.31. The maximum absolute atomic E-state index is 11.2. The highest BCUT2D eigenvalue weighted by molar-refractivity contribution is 7.11. The molecule has 1 aromatic heterocycles. The molecule has 0 unspecified atom stereocenters. The number of nitrogens with zero attached hydrogens (tertiary/aromatic N) is 1. The quantitative estimate of drug-likeness (QED) is 0.416. The van der Waals surface area contributed by atoms with E-state index in [1.165, 1.54) is 17.5 Å². The van der Waals surface area contributed by atoms with Crippen molar-refractivity contribution in [3.8, 4) is 0 Å². The van der Waals surface area contributed by atoms with E-state index in [1.807, 2.05) is 0 Å². The van der Waals surface area contributed by atoms with E-state index in [4.69, 9.17) is 0 Å². The summed E-state index contributed by atoms with van der Waals surface area (Å²) in [6, 6.07) is 0. The third-order valence-electron chi connectivity index (χ3n) is 1.28. The Bertz CT molecular complexity index is 294. The lowest BCUT2D eigenvalue weighted by Crippen LogP contribution is -2.10. The molecule has 0 N–H and O–H groups in total. The molecular weight excluding hydrogens is 190 g/mol. The number of aromatic nitrogens is 1. The van der Waals surface area contributed by atoms with E-state index >= 15 is 0 Å². The average molecular weight is 199 g/mol. The Kier molecular flexibility index (Phi) is 3.57. The van der Waals surface area contributed by atoms with Crippen LogP contribution < -0.4 is 0 Å². The zero-order valence-electron chi connectivity index (χ0n) is 7.15. The molecule has 70 valence electrons. The highest BCUT2D eigenvalue weighted by Crippen LogP contribution is 2.07. The molecule has 0 aliphatic rings. The number of ether oxygens (including phenoxy) is 1. The highest BCUT2D eigenvalue weighted by atomic mass is 32.1. The molecule has 0 amide bonds. The Morgan fingerprint density at radius 2 is 2.38 bits per heavy atom. The van der Waals surface area contributed by atoms with Crippen LogP contribution in [0.25, 0.3) is 0 Å². The van der Waals surface area contributed by atoms with Crippen LogP contribution in [0.1, 0.15) is 23.1 Å². The molecule has 1 rings (SSSR count). The van der Waals surface area contributed by atoms with Gasteiger partial charge in [0.15, 0.2) is 5.01 Å². The van der Waals surface area contributed by atoms with E-state index in [2.05, 4.69) is 9.72 Å². The van der Waals surface area contributed by atoms with Crippen LogP contribution in [0.5, 0.6) is 0 Å². The van der Waals surface area contributed by atoms with Gasteiger partial charge in [0, 0.05) is 11.6 Å². The summed E-state index contributed by atoms with van der Waals surface area (Å²) in [5, 5.41) is 2.05. The molecule has 0 saturated heterocycles. The van der Waals surface area contributed by atoms with Crippen LogP contribution in [-0.4, -0.2) is 23.3 Å². The van der Waals surface area contributed by atoms with Crippen molar-refractivity contribution < 1.29 is 14.3 Å². The lowest BCUT2D eigenvalue weighted by Gasteiger charge is -1.98. The first-order valence-corrected chi connectivity index (χ1v) is 4.70. The molecule has 1 heterocycles. The minimum atomic E-state index is -0.497. The SMILES string of the molecule is CCOC(=O)CC(=O)c1nccs1. The minimum Gasteiger partial charge on any atom is -0.466 e. The molecule has 0 bridgehead atoms. The second-order valence-corrected chi connectivity index (χ2v) is 3.14. The van der Waals surface area contributed by atoms with Crippen LogP contribution in [0.3, 0.4) is 0 Å². The van der Waals surface area contributed by atoms with Crippen LogP contribution in [0.2, 0.25) is 0 Å². The van der Waals surface area contributed by atoms with Gasteiger partial charge in [-0.3, -0.25) is 9.59 Å². The molecule has 0 saturated carbocycles. The third kappa shape index (κ3) is 2.95. The van der Waals surface area contributed by atoms with Crippen LogP contribution in [0.15, 0.2) is 11.6 Å². The number of thiazole rings is 1.